The van der Waals surface area contributed by atoms with E-state index in [4.69, 9.17) is 5.11 Å². The predicted molar refractivity (Wildman–Crippen MR) is 61.9 cm³/mol. The number of aliphatic hydroxyl groups is 1. The molecule has 1 aliphatic heterocycles. The highest BCUT2D eigenvalue weighted by Crippen LogP contribution is 2.41. The molecular weight excluding hydrogens is 210 g/mol. The van der Waals surface area contributed by atoms with Crippen LogP contribution in [0.3, 0.4) is 0 Å². The molecule has 0 aromatic carbocycles. The van der Waals surface area contributed by atoms with Gasteiger partial charge in [-0.15, -0.1) is 11.8 Å². The first-order chi connectivity index (χ1) is 7.17. The Labute approximate surface area is 95.2 Å². The van der Waals surface area contributed by atoms with Crippen molar-refractivity contribution in [3.8, 4) is 0 Å². The summed E-state index contributed by atoms with van der Waals surface area (Å²) in [7, 11) is 0. The second-order valence-electron chi connectivity index (χ2n) is 4.64. The van der Waals surface area contributed by atoms with Gasteiger partial charge < -0.3 is 10.0 Å². The van der Waals surface area contributed by atoms with Crippen molar-refractivity contribution in [1.29, 1.82) is 0 Å². The van der Waals surface area contributed by atoms with E-state index in [1.807, 2.05) is 4.90 Å². The molecule has 86 valence electrons. The molecule has 0 radical (unpaired) electrons. The summed E-state index contributed by atoms with van der Waals surface area (Å²) in [5, 5.41) is 8.99. The average Bonchev–Trinajstić information content (AvgIpc) is 2.97. The molecule has 0 aromatic heterocycles. The smallest absolute Gasteiger partial charge is 0.238 e. The van der Waals surface area contributed by atoms with Crippen LogP contribution in [0.5, 0.6) is 0 Å². The highest BCUT2D eigenvalue weighted by Gasteiger charge is 2.43. The maximum Gasteiger partial charge on any atom is 0.238 e. The quantitative estimate of drug-likeness (QED) is 0.789. The summed E-state index contributed by atoms with van der Waals surface area (Å²) < 4.78 is -0.211. The van der Waals surface area contributed by atoms with Crippen molar-refractivity contribution in [2.75, 3.05) is 18.9 Å². The van der Waals surface area contributed by atoms with Gasteiger partial charge in [0.15, 0.2) is 0 Å². The van der Waals surface area contributed by atoms with Crippen molar-refractivity contribution in [2.24, 2.45) is 0 Å². The molecule has 3 nitrogen and oxygen atoms in total. The molecule has 1 aliphatic carbocycles. The molecule has 1 heterocycles. The van der Waals surface area contributed by atoms with E-state index < -0.39 is 0 Å². The number of aliphatic hydroxyl groups excluding tert-OH is 1. The number of hydrogen-bond acceptors (Lipinski definition) is 3. The summed E-state index contributed by atoms with van der Waals surface area (Å²) in [6, 6.07) is 0.419. The van der Waals surface area contributed by atoms with Crippen LogP contribution in [-0.2, 0) is 4.79 Å². The van der Waals surface area contributed by atoms with Gasteiger partial charge in [-0.05, 0) is 38.4 Å². The van der Waals surface area contributed by atoms with Gasteiger partial charge in [-0.25, -0.2) is 0 Å². The van der Waals surface area contributed by atoms with Gasteiger partial charge in [0, 0.05) is 12.6 Å². The highest BCUT2D eigenvalue weighted by molar-refractivity contribution is 8.01. The maximum atomic E-state index is 12.3. The zero-order valence-electron chi connectivity index (χ0n) is 9.24. The van der Waals surface area contributed by atoms with Crippen molar-refractivity contribution in [3.05, 3.63) is 0 Å². The lowest BCUT2D eigenvalue weighted by Gasteiger charge is -2.30. The number of amides is 1. The molecule has 2 fully saturated rings. The van der Waals surface area contributed by atoms with Gasteiger partial charge in [0.2, 0.25) is 5.91 Å². The Hall–Kier alpha value is -0.220. The lowest BCUT2D eigenvalue weighted by Crippen LogP contribution is -2.46. The first-order valence-electron chi connectivity index (χ1n) is 5.73. The molecule has 1 amide bonds. The molecule has 1 saturated heterocycles. The van der Waals surface area contributed by atoms with Crippen molar-refractivity contribution in [2.45, 2.75) is 43.4 Å². The molecule has 15 heavy (non-hydrogen) atoms. The van der Waals surface area contributed by atoms with E-state index in [0.29, 0.717) is 12.6 Å². The van der Waals surface area contributed by atoms with Crippen molar-refractivity contribution < 1.29 is 9.90 Å². The Morgan fingerprint density at radius 3 is 2.80 bits per heavy atom. The lowest BCUT2D eigenvalue weighted by atomic mass is 10.0. The molecule has 4 heteroatoms. The lowest BCUT2D eigenvalue weighted by molar-refractivity contribution is -0.134. The number of carbonyl (C=O) groups is 1. The van der Waals surface area contributed by atoms with Crippen LogP contribution in [-0.4, -0.2) is 45.6 Å². The third kappa shape index (κ3) is 2.31. The van der Waals surface area contributed by atoms with Crippen molar-refractivity contribution >= 4 is 17.7 Å². The van der Waals surface area contributed by atoms with Crippen LogP contribution in [0.1, 0.15) is 32.6 Å². The zero-order valence-corrected chi connectivity index (χ0v) is 10.1. The number of nitrogens with zero attached hydrogens (tertiary/aromatic N) is 1. The first kappa shape index (κ1) is 11.3. The molecule has 1 saturated carbocycles. The fraction of sp³-hybridized carbons (Fsp3) is 0.909. The van der Waals surface area contributed by atoms with Gasteiger partial charge >= 0.3 is 0 Å². The molecule has 1 unspecified atom stereocenters. The summed E-state index contributed by atoms with van der Waals surface area (Å²) >= 11 is 1.78. The second kappa shape index (κ2) is 4.34. The van der Waals surface area contributed by atoms with Crippen LogP contribution in [0.25, 0.3) is 0 Å². The third-order valence-electron chi connectivity index (χ3n) is 3.26. The Balaban J connectivity index is 2.02. The molecule has 0 bridgehead atoms. The number of hydrogen-bond donors (Lipinski definition) is 1. The monoisotopic (exact) mass is 229 g/mol. The first-order valence-corrected chi connectivity index (χ1v) is 6.72. The van der Waals surface area contributed by atoms with Crippen LogP contribution in [0.2, 0.25) is 0 Å². The Morgan fingerprint density at radius 1 is 1.60 bits per heavy atom. The summed E-state index contributed by atoms with van der Waals surface area (Å²) in [4.78, 5) is 14.2. The number of carbonyl (C=O) groups excluding carboxylic acids is 1. The van der Waals surface area contributed by atoms with Gasteiger partial charge in [0.05, 0.1) is 11.4 Å². The fourth-order valence-corrected chi connectivity index (χ4v) is 3.46. The van der Waals surface area contributed by atoms with E-state index in [0.717, 1.165) is 31.4 Å². The topological polar surface area (TPSA) is 40.5 Å². The summed E-state index contributed by atoms with van der Waals surface area (Å²) in [6.45, 7) is 2.66. The number of rotatable bonds is 4. The molecular formula is C11H19NO2S. The van der Waals surface area contributed by atoms with E-state index in [1.54, 1.807) is 11.8 Å². The average molecular weight is 229 g/mol. The largest absolute Gasteiger partial charge is 0.395 e. The van der Waals surface area contributed by atoms with E-state index in [9.17, 15) is 4.79 Å². The molecule has 2 rings (SSSR count). The summed E-state index contributed by atoms with van der Waals surface area (Å²) in [6.07, 6.45) is 4.37. The Morgan fingerprint density at radius 2 is 2.33 bits per heavy atom. The Kier molecular flexibility index (Phi) is 3.26. The van der Waals surface area contributed by atoms with E-state index >= 15 is 0 Å². The SMILES string of the molecule is CC1(C(=O)N(CCO)C2CC2)CCCS1. The summed E-state index contributed by atoms with van der Waals surface area (Å²) in [5.74, 6) is 1.35. The molecule has 0 spiro atoms. The molecule has 1 N–H and O–H groups in total. The van der Waals surface area contributed by atoms with Gasteiger partial charge in [0.25, 0.3) is 0 Å². The standard InChI is InChI=1S/C11H19NO2S/c1-11(5-2-8-15-11)10(14)12(6-7-13)9-3-4-9/h9,13H,2-8H2,1H3. The van der Waals surface area contributed by atoms with E-state index in [2.05, 4.69) is 6.92 Å². The summed E-state index contributed by atoms with van der Waals surface area (Å²) in [5.41, 5.74) is 0. The van der Waals surface area contributed by atoms with E-state index in [1.165, 1.54) is 0 Å². The molecule has 2 aliphatic rings. The minimum absolute atomic E-state index is 0.0863. The highest BCUT2D eigenvalue weighted by atomic mass is 32.2. The van der Waals surface area contributed by atoms with Gasteiger partial charge in [-0.1, -0.05) is 0 Å². The zero-order chi connectivity index (χ0) is 10.9. The van der Waals surface area contributed by atoms with E-state index in [-0.39, 0.29) is 17.3 Å². The predicted octanol–water partition coefficient (Wildman–Crippen LogP) is 1.26. The maximum absolute atomic E-state index is 12.3. The van der Waals surface area contributed by atoms with Crippen LogP contribution in [0, 0.1) is 0 Å². The van der Waals surface area contributed by atoms with Crippen molar-refractivity contribution in [3.63, 3.8) is 0 Å². The minimum Gasteiger partial charge on any atom is -0.395 e. The number of thioether (sulfide) groups is 1. The third-order valence-corrected chi connectivity index (χ3v) is 4.77. The Bertz CT molecular complexity index is 247. The molecule has 0 aromatic rings. The van der Waals surface area contributed by atoms with Crippen LogP contribution in [0.4, 0.5) is 0 Å². The van der Waals surface area contributed by atoms with Gasteiger partial charge in [-0.2, -0.15) is 0 Å². The van der Waals surface area contributed by atoms with Crippen LogP contribution in [0.15, 0.2) is 0 Å². The minimum atomic E-state index is -0.211. The van der Waals surface area contributed by atoms with Crippen LogP contribution < -0.4 is 0 Å². The normalized spacial score (nSPS) is 30.5. The van der Waals surface area contributed by atoms with Gasteiger partial charge in [-0.3, -0.25) is 4.79 Å². The second-order valence-corrected chi connectivity index (χ2v) is 6.23. The van der Waals surface area contributed by atoms with Gasteiger partial charge in [0.1, 0.15) is 0 Å². The van der Waals surface area contributed by atoms with Crippen LogP contribution >= 0.6 is 11.8 Å². The van der Waals surface area contributed by atoms with Crippen molar-refractivity contribution in [1.82, 2.24) is 4.90 Å². The fourth-order valence-electron chi connectivity index (χ4n) is 2.20. The molecule has 1 atom stereocenters.